The molecule has 0 fully saturated rings. The van der Waals surface area contributed by atoms with E-state index in [0.29, 0.717) is 17.7 Å². The Balaban J connectivity index is 1.94. The number of carbonyl (C=O) groups excluding carboxylic acids is 2. The number of carbonyl (C=O) groups is 2. The normalized spacial score (nSPS) is 10.3. The lowest BCUT2D eigenvalue weighted by Crippen LogP contribution is -2.08. The molecule has 0 atom stereocenters. The fraction of sp³-hybridized carbons (Fsp3) is 0.300. The van der Waals surface area contributed by atoms with Crippen LogP contribution in [-0.4, -0.2) is 18.2 Å². The van der Waals surface area contributed by atoms with E-state index in [9.17, 15) is 9.59 Å². The van der Waals surface area contributed by atoms with Gasteiger partial charge in [-0.15, -0.1) is 0 Å². The van der Waals surface area contributed by atoms with Gasteiger partial charge in [-0.1, -0.05) is 43.2 Å². The second-order valence-corrected chi connectivity index (χ2v) is 5.62. The first kappa shape index (κ1) is 16.9. The highest BCUT2D eigenvalue weighted by Gasteiger charge is 2.13. The zero-order chi connectivity index (χ0) is 16.7. The van der Waals surface area contributed by atoms with E-state index in [1.807, 2.05) is 19.1 Å². The molecule has 23 heavy (non-hydrogen) atoms. The maximum atomic E-state index is 12.2. The van der Waals surface area contributed by atoms with E-state index in [4.69, 9.17) is 4.74 Å². The zero-order valence-electron chi connectivity index (χ0n) is 13.7. The highest BCUT2D eigenvalue weighted by atomic mass is 16.5. The van der Waals surface area contributed by atoms with E-state index in [0.717, 1.165) is 24.2 Å². The Morgan fingerprint density at radius 1 is 0.870 bits per heavy atom. The molecule has 2 aromatic rings. The number of rotatable bonds is 8. The van der Waals surface area contributed by atoms with Gasteiger partial charge < -0.3 is 4.74 Å². The molecule has 2 aromatic carbocycles. The third-order valence-corrected chi connectivity index (χ3v) is 3.64. The molecule has 3 heteroatoms. The summed E-state index contributed by atoms with van der Waals surface area (Å²) in [6, 6.07) is 14.3. The lowest BCUT2D eigenvalue weighted by atomic mass is 10.0. The van der Waals surface area contributed by atoms with Gasteiger partial charge in [-0.2, -0.15) is 0 Å². The molecule has 0 unspecified atom stereocenters. The van der Waals surface area contributed by atoms with Crippen LogP contribution in [-0.2, 0) is 0 Å². The number of aryl methyl sites for hydroxylation is 1. The van der Waals surface area contributed by atoms with Crippen molar-refractivity contribution in [3.63, 3.8) is 0 Å². The minimum absolute atomic E-state index is 0.112. The van der Waals surface area contributed by atoms with Gasteiger partial charge in [-0.25, -0.2) is 0 Å². The van der Waals surface area contributed by atoms with Gasteiger partial charge in [0.2, 0.25) is 0 Å². The minimum atomic E-state index is -0.171. The maximum absolute atomic E-state index is 12.2. The summed E-state index contributed by atoms with van der Waals surface area (Å²) in [5, 5.41) is 0. The Kier molecular flexibility index (Phi) is 6.10. The lowest BCUT2D eigenvalue weighted by Gasteiger charge is -2.06. The summed E-state index contributed by atoms with van der Waals surface area (Å²) in [6.45, 7) is 4.75. The average molecular weight is 310 g/mol. The van der Waals surface area contributed by atoms with Crippen LogP contribution in [0.15, 0.2) is 48.5 Å². The van der Waals surface area contributed by atoms with Crippen molar-refractivity contribution in [3.05, 3.63) is 65.2 Å². The number of hydrogen-bond donors (Lipinski definition) is 0. The maximum Gasteiger partial charge on any atom is 0.170 e. The molecule has 0 bridgehead atoms. The largest absolute Gasteiger partial charge is 0.494 e. The molecule has 0 amide bonds. The van der Waals surface area contributed by atoms with E-state index in [-0.39, 0.29) is 18.0 Å². The third-order valence-electron chi connectivity index (χ3n) is 3.64. The molecule has 0 aliphatic heterocycles. The van der Waals surface area contributed by atoms with Crippen LogP contribution in [0.2, 0.25) is 0 Å². The van der Waals surface area contributed by atoms with Crippen LogP contribution >= 0.6 is 0 Å². The Labute approximate surface area is 137 Å². The molecule has 120 valence electrons. The van der Waals surface area contributed by atoms with Crippen molar-refractivity contribution < 1.29 is 14.3 Å². The Morgan fingerprint density at radius 2 is 1.39 bits per heavy atom. The highest BCUT2D eigenvalue weighted by molar-refractivity contribution is 6.13. The lowest BCUT2D eigenvalue weighted by molar-refractivity contribution is 0.0894. The molecular weight excluding hydrogens is 288 g/mol. The molecule has 0 aliphatic rings. The molecule has 0 aliphatic carbocycles. The summed E-state index contributed by atoms with van der Waals surface area (Å²) in [5.41, 5.74) is 2.20. The van der Waals surface area contributed by atoms with Crippen molar-refractivity contribution in [1.29, 1.82) is 0 Å². The molecule has 0 saturated carbocycles. The summed E-state index contributed by atoms with van der Waals surface area (Å²) < 4.78 is 5.56. The van der Waals surface area contributed by atoms with E-state index in [2.05, 4.69) is 6.92 Å². The van der Waals surface area contributed by atoms with Gasteiger partial charge in [0.1, 0.15) is 5.75 Å². The van der Waals surface area contributed by atoms with Crippen LogP contribution in [0.25, 0.3) is 0 Å². The minimum Gasteiger partial charge on any atom is -0.494 e. The van der Waals surface area contributed by atoms with Gasteiger partial charge in [-0.05, 0) is 37.6 Å². The smallest absolute Gasteiger partial charge is 0.170 e. The van der Waals surface area contributed by atoms with Crippen molar-refractivity contribution >= 4 is 11.6 Å². The van der Waals surface area contributed by atoms with Gasteiger partial charge in [0, 0.05) is 11.1 Å². The first-order valence-corrected chi connectivity index (χ1v) is 7.96. The molecule has 2 rings (SSSR count). The second kappa shape index (κ2) is 8.28. The van der Waals surface area contributed by atoms with Gasteiger partial charge in [0.15, 0.2) is 11.6 Å². The number of benzene rings is 2. The topological polar surface area (TPSA) is 43.4 Å². The van der Waals surface area contributed by atoms with Crippen molar-refractivity contribution in [2.75, 3.05) is 6.61 Å². The molecule has 0 N–H and O–H groups in total. The van der Waals surface area contributed by atoms with Crippen molar-refractivity contribution in [3.8, 4) is 5.75 Å². The molecule has 3 nitrogen and oxygen atoms in total. The van der Waals surface area contributed by atoms with E-state index in [1.165, 1.54) is 0 Å². The Bertz CT molecular complexity index is 654. The van der Waals surface area contributed by atoms with Gasteiger partial charge in [-0.3, -0.25) is 9.59 Å². The Morgan fingerprint density at radius 3 is 1.91 bits per heavy atom. The van der Waals surface area contributed by atoms with Crippen molar-refractivity contribution in [1.82, 2.24) is 0 Å². The van der Waals surface area contributed by atoms with Crippen molar-refractivity contribution in [2.24, 2.45) is 0 Å². The van der Waals surface area contributed by atoms with Gasteiger partial charge in [0.05, 0.1) is 13.0 Å². The number of ether oxygens (including phenoxy) is 1. The van der Waals surface area contributed by atoms with Crippen LogP contribution in [0.4, 0.5) is 0 Å². The quantitative estimate of drug-likeness (QED) is 0.405. The summed E-state index contributed by atoms with van der Waals surface area (Å²) in [5.74, 6) is 0.425. The van der Waals surface area contributed by atoms with Crippen LogP contribution in [0.1, 0.15) is 52.5 Å². The summed E-state index contributed by atoms with van der Waals surface area (Å²) >= 11 is 0. The predicted molar refractivity (Wildman–Crippen MR) is 91.3 cm³/mol. The number of ketones is 2. The zero-order valence-corrected chi connectivity index (χ0v) is 13.7. The van der Waals surface area contributed by atoms with Gasteiger partial charge in [0.25, 0.3) is 0 Å². The summed E-state index contributed by atoms with van der Waals surface area (Å²) in [4.78, 5) is 24.3. The molecular formula is C20H22O3. The van der Waals surface area contributed by atoms with E-state index in [1.54, 1.807) is 36.4 Å². The molecule has 0 spiro atoms. The van der Waals surface area contributed by atoms with Crippen LogP contribution < -0.4 is 4.74 Å². The van der Waals surface area contributed by atoms with E-state index >= 15 is 0 Å². The van der Waals surface area contributed by atoms with E-state index < -0.39 is 0 Å². The summed E-state index contributed by atoms with van der Waals surface area (Å²) in [6.07, 6.45) is 1.97. The standard InChI is InChI=1S/C20H22O3/c1-3-4-13-23-18-11-9-17(10-12-18)20(22)14-19(21)16-7-5-15(2)6-8-16/h5-12H,3-4,13-14H2,1-2H3. The summed E-state index contributed by atoms with van der Waals surface area (Å²) in [7, 11) is 0. The van der Waals surface area contributed by atoms with Gasteiger partial charge >= 0.3 is 0 Å². The average Bonchev–Trinajstić information content (AvgIpc) is 2.56. The predicted octanol–water partition coefficient (Wildman–Crippen LogP) is 4.63. The number of Topliss-reactive ketones (excluding diaryl/α,β-unsaturated/α-hetero) is 2. The fourth-order valence-electron chi connectivity index (χ4n) is 2.16. The second-order valence-electron chi connectivity index (χ2n) is 5.62. The third kappa shape index (κ3) is 5.06. The van der Waals surface area contributed by atoms with Crippen LogP contribution in [0.5, 0.6) is 5.75 Å². The van der Waals surface area contributed by atoms with Crippen LogP contribution in [0, 0.1) is 6.92 Å². The molecule has 0 heterocycles. The first-order valence-electron chi connectivity index (χ1n) is 7.96. The Hall–Kier alpha value is -2.42. The van der Waals surface area contributed by atoms with Crippen molar-refractivity contribution in [2.45, 2.75) is 33.1 Å². The van der Waals surface area contributed by atoms with Crippen LogP contribution in [0.3, 0.4) is 0 Å². The monoisotopic (exact) mass is 310 g/mol. The highest BCUT2D eigenvalue weighted by Crippen LogP contribution is 2.15. The molecule has 0 aromatic heterocycles. The number of hydrogen-bond acceptors (Lipinski definition) is 3. The number of unbranched alkanes of at least 4 members (excludes halogenated alkanes) is 1. The molecule has 0 radical (unpaired) electrons. The SMILES string of the molecule is CCCCOc1ccc(C(=O)CC(=O)c2ccc(C)cc2)cc1. The fourth-order valence-corrected chi connectivity index (χ4v) is 2.16. The first-order chi connectivity index (χ1) is 11.1. The molecule has 0 saturated heterocycles.